The van der Waals surface area contributed by atoms with E-state index in [2.05, 4.69) is 32.2 Å². The van der Waals surface area contributed by atoms with Gasteiger partial charge < -0.3 is 19.9 Å². The molecule has 0 bridgehead atoms. The Hall–Kier alpha value is -2.76. The van der Waals surface area contributed by atoms with Crippen LogP contribution >= 0.6 is 0 Å². The summed E-state index contributed by atoms with van der Waals surface area (Å²) in [4.78, 5) is 21.7. The lowest BCUT2D eigenvalue weighted by Gasteiger charge is -2.37. The fourth-order valence-corrected chi connectivity index (χ4v) is 4.26. The highest BCUT2D eigenvalue weighted by Gasteiger charge is 2.20. The monoisotopic (exact) mass is 394 g/mol. The largest absolute Gasteiger partial charge is 0.497 e. The summed E-state index contributed by atoms with van der Waals surface area (Å²) in [6.45, 7) is 3.72. The van der Waals surface area contributed by atoms with Crippen LogP contribution in [0.1, 0.15) is 42.6 Å². The number of hydrogen-bond acceptors (Lipinski definition) is 5. The van der Waals surface area contributed by atoms with Crippen molar-refractivity contribution in [3.8, 4) is 5.75 Å². The number of ether oxygens (including phenoxy) is 1. The number of amides is 1. The van der Waals surface area contributed by atoms with E-state index in [0.29, 0.717) is 11.7 Å². The van der Waals surface area contributed by atoms with Crippen LogP contribution in [0.15, 0.2) is 42.6 Å². The molecule has 1 N–H and O–H groups in total. The molecular weight excluding hydrogens is 364 g/mol. The lowest BCUT2D eigenvalue weighted by molar-refractivity contribution is 0.0922. The molecule has 1 aliphatic heterocycles. The quantitative estimate of drug-likeness (QED) is 0.841. The molecule has 6 nitrogen and oxygen atoms in total. The molecule has 4 rings (SSSR count). The second-order valence-corrected chi connectivity index (χ2v) is 7.88. The molecule has 6 heteroatoms. The van der Waals surface area contributed by atoms with Crippen molar-refractivity contribution in [2.75, 3.05) is 43.1 Å². The molecule has 0 radical (unpaired) electrons. The van der Waals surface area contributed by atoms with Crippen LogP contribution in [0.3, 0.4) is 0 Å². The molecule has 2 heterocycles. The van der Waals surface area contributed by atoms with E-state index in [1.807, 2.05) is 24.3 Å². The van der Waals surface area contributed by atoms with E-state index in [1.54, 1.807) is 13.3 Å². The topological polar surface area (TPSA) is 57.7 Å². The molecule has 0 unspecified atom stereocenters. The third-order valence-corrected chi connectivity index (χ3v) is 6.00. The number of pyridine rings is 1. The number of hydrogen-bond donors (Lipinski definition) is 1. The Kier molecular flexibility index (Phi) is 6.17. The zero-order chi connectivity index (χ0) is 20.1. The first-order valence-electron chi connectivity index (χ1n) is 10.6. The summed E-state index contributed by atoms with van der Waals surface area (Å²) in [5.74, 6) is 0.832. The van der Waals surface area contributed by atoms with Crippen LogP contribution in [0, 0.1) is 0 Å². The van der Waals surface area contributed by atoms with Crippen LogP contribution < -0.4 is 19.9 Å². The molecule has 154 valence electrons. The van der Waals surface area contributed by atoms with Crippen molar-refractivity contribution in [2.24, 2.45) is 0 Å². The van der Waals surface area contributed by atoms with Gasteiger partial charge in [-0.1, -0.05) is 19.3 Å². The number of nitrogens with zero attached hydrogens (tertiary/aromatic N) is 3. The molecule has 2 aromatic rings. The smallest absolute Gasteiger partial charge is 0.270 e. The van der Waals surface area contributed by atoms with Gasteiger partial charge in [0.25, 0.3) is 5.91 Å². The normalized spacial score (nSPS) is 17.8. The van der Waals surface area contributed by atoms with Gasteiger partial charge in [0.1, 0.15) is 11.4 Å². The first-order chi connectivity index (χ1) is 14.2. The van der Waals surface area contributed by atoms with Gasteiger partial charge in [0.05, 0.1) is 7.11 Å². The van der Waals surface area contributed by atoms with Crippen molar-refractivity contribution in [1.82, 2.24) is 10.3 Å². The van der Waals surface area contributed by atoms with Crippen molar-refractivity contribution >= 4 is 17.3 Å². The fourth-order valence-electron chi connectivity index (χ4n) is 4.26. The number of carbonyl (C=O) groups excluding carboxylic acids is 1. The van der Waals surface area contributed by atoms with Crippen LogP contribution in [0.2, 0.25) is 0 Å². The van der Waals surface area contributed by atoms with E-state index in [0.717, 1.165) is 50.5 Å². The third-order valence-electron chi connectivity index (χ3n) is 6.00. The van der Waals surface area contributed by atoms with E-state index < -0.39 is 0 Å². The van der Waals surface area contributed by atoms with Gasteiger partial charge in [0.2, 0.25) is 0 Å². The van der Waals surface area contributed by atoms with Gasteiger partial charge in [-0.2, -0.15) is 0 Å². The maximum absolute atomic E-state index is 12.6. The first-order valence-corrected chi connectivity index (χ1v) is 10.6. The van der Waals surface area contributed by atoms with Crippen LogP contribution in [0.25, 0.3) is 0 Å². The highest BCUT2D eigenvalue weighted by atomic mass is 16.5. The summed E-state index contributed by atoms with van der Waals surface area (Å²) in [6, 6.07) is 12.4. The Labute approximate surface area is 172 Å². The number of aromatic nitrogens is 1. The maximum atomic E-state index is 12.6. The van der Waals surface area contributed by atoms with Crippen molar-refractivity contribution in [2.45, 2.75) is 38.1 Å². The Morgan fingerprint density at radius 3 is 2.28 bits per heavy atom. The number of rotatable bonds is 5. The SMILES string of the molecule is COc1ccc(N2CCN(c3ccnc(C(=O)NC4CCCCC4)c3)CC2)cc1. The molecular formula is C23H30N4O2. The summed E-state index contributed by atoms with van der Waals surface area (Å²) >= 11 is 0. The third kappa shape index (κ3) is 4.81. The minimum atomic E-state index is -0.0457. The summed E-state index contributed by atoms with van der Waals surface area (Å²) < 4.78 is 5.24. The molecule has 2 fully saturated rings. The number of benzene rings is 1. The molecule has 0 spiro atoms. The molecule has 29 heavy (non-hydrogen) atoms. The second kappa shape index (κ2) is 9.16. The molecule has 1 aliphatic carbocycles. The van der Waals surface area contributed by atoms with Crippen molar-refractivity contribution in [3.63, 3.8) is 0 Å². The standard InChI is InChI=1S/C23H30N4O2/c1-29-21-9-7-19(8-10-21)26-13-15-27(16-14-26)20-11-12-24-22(17-20)23(28)25-18-5-3-2-4-6-18/h7-12,17-18H,2-6,13-16H2,1H3,(H,25,28). The van der Waals surface area contributed by atoms with E-state index in [4.69, 9.17) is 4.74 Å². The molecule has 0 atom stereocenters. The zero-order valence-electron chi connectivity index (χ0n) is 17.1. The molecule has 1 saturated carbocycles. The van der Waals surface area contributed by atoms with Gasteiger partial charge in [-0.3, -0.25) is 9.78 Å². The lowest BCUT2D eigenvalue weighted by atomic mass is 9.95. The zero-order valence-corrected chi connectivity index (χ0v) is 17.1. The maximum Gasteiger partial charge on any atom is 0.270 e. The predicted octanol–water partition coefficient (Wildman–Crippen LogP) is 3.48. The lowest BCUT2D eigenvalue weighted by Crippen LogP contribution is -2.46. The Bertz CT molecular complexity index is 810. The molecule has 1 amide bonds. The van der Waals surface area contributed by atoms with Gasteiger partial charge in [0.15, 0.2) is 0 Å². The molecule has 1 aromatic carbocycles. The Balaban J connectivity index is 1.35. The van der Waals surface area contributed by atoms with Crippen molar-refractivity contribution < 1.29 is 9.53 Å². The fraction of sp³-hybridized carbons (Fsp3) is 0.478. The first kappa shape index (κ1) is 19.6. The van der Waals surface area contributed by atoms with Gasteiger partial charge in [-0.25, -0.2) is 0 Å². The summed E-state index contributed by atoms with van der Waals surface area (Å²) in [5.41, 5.74) is 2.81. The molecule has 1 saturated heterocycles. The van der Waals surface area contributed by atoms with Gasteiger partial charge in [0, 0.05) is 49.8 Å². The average molecular weight is 395 g/mol. The van der Waals surface area contributed by atoms with Crippen LogP contribution in [-0.2, 0) is 0 Å². The van der Waals surface area contributed by atoms with Gasteiger partial charge >= 0.3 is 0 Å². The Morgan fingerprint density at radius 2 is 1.62 bits per heavy atom. The average Bonchev–Trinajstić information content (AvgIpc) is 2.80. The number of piperazine rings is 1. The second-order valence-electron chi connectivity index (χ2n) is 7.88. The molecule has 2 aliphatic rings. The van der Waals surface area contributed by atoms with Crippen LogP contribution in [-0.4, -0.2) is 50.2 Å². The number of carbonyl (C=O) groups is 1. The highest BCUT2D eigenvalue weighted by Crippen LogP contribution is 2.23. The van der Waals surface area contributed by atoms with E-state index in [9.17, 15) is 4.79 Å². The summed E-state index contributed by atoms with van der Waals surface area (Å²) in [7, 11) is 1.69. The highest BCUT2D eigenvalue weighted by molar-refractivity contribution is 5.93. The minimum Gasteiger partial charge on any atom is -0.497 e. The van der Waals surface area contributed by atoms with Crippen molar-refractivity contribution in [1.29, 1.82) is 0 Å². The van der Waals surface area contributed by atoms with E-state index in [1.165, 1.54) is 24.9 Å². The number of nitrogens with one attached hydrogen (secondary N) is 1. The van der Waals surface area contributed by atoms with E-state index >= 15 is 0 Å². The number of anilines is 2. The van der Waals surface area contributed by atoms with Crippen LogP contribution in [0.4, 0.5) is 11.4 Å². The number of methoxy groups -OCH3 is 1. The molecule has 1 aromatic heterocycles. The summed E-state index contributed by atoms with van der Waals surface area (Å²) in [5, 5.41) is 3.16. The van der Waals surface area contributed by atoms with E-state index in [-0.39, 0.29) is 5.91 Å². The van der Waals surface area contributed by atoms with Gasteiger partial charge in [-0.15, -0.1) is 0 Å². The minimum absolute atomic E-state index is 0.0457. The van der Waals surface area contributed by atoms with Gasteiger partial charge in [-0.05, 0) is 49.2 Å². The Morgan fingerprint density at radius 1 is 0.966 bits per heavy atom. The predicted molar refractivity (Wildman–Crippen MR) is 116 cm³/mol. The van der Waals surface area contributed by atoms with Crippen LogP contribution in [0.5, 0.6) is 5.75 Å². The van der Waals surface area contributed by atoms with Crippen molar-refractivity contribution in [3.05, 3.63) is 48.3 Å². The summed E-state index contributed by atoms with van der Waals surface area (Å²) in [6.07, 6.45) is 7.61.